The summed E-state index contributed by atoms with van der Waals surface area (Å²) in [5, 5.41) is 8.34. The topological polar surface area (TPSA) is 76.0 Å². The van der Waals surface area contributed by atoms with Crippen LogP contribution in [0.15, 0.2) is 78.4 Å². The number of benzene rings is 2. The number of amides is 2. The minimum atomic E-state index is -0.442. The minimum Gasteiger partial charge on any atom is -0.338 e. The Morgan fingerprint density at radius 3 is 2.39 bits per heavy atom. The number of rotatable bonds is 6. The van der Waals surface area contributed by atoms with Gasteiger partial charge in [-0.2, -0.15) is 0 Å². The van der Waals surface area contributed by atoms with Crippen molar-refractivity contribution in [2.24, 2.45) is 7.05 Å². The fourth-order valence-electron chi connectivity index (χ4n) is 3.13. The molecule has 4 rings (SSSR count). The van der Waals surface area contributed by atoms with E-state index in [1.165, 1.54) is 11.3 Å². The Bertz CT molecular complexity index is 1190. The maximum Gasteiger partial charge on any atom is 0.265 e. The second kappa shape index (κ2) is 9.16. The predicted octanol–water partition coefficient (Wildman–Crippen LogP) is 4.91. The molecule has 0 aliphatic rings. The van der Waals surface area contributed by atoms with Crippen LogP contribution in [0.25, 0.3) is 0 Å². The van der Waals surface area contributed by atoms with Gasteiger partial charge < -0.3 is 15.2 Å². The van der Waals surface area contributed by atoms with Crippen molar-refractivity contribution >= 4 is 40.4 Å². The summed E-state index contributed by atoms with van der Waals surface area (Å²) in [6.07, 6.45) is 3.52. The molecule has 2 aromatic heterocycles. The van der Waals surface area contributed by atoms with Gasteiger partial charge in [-0.05, 0) is 53.4 Å². The van der Waals surface area contributed by atoms with E-state index in [0.29, 0.717) is 27.0 Å². The molecule has 0 bridgehead atoms. The Morgan fingerprint density at radius 2 is 1.77 bits per heavy atom. The molecule has 0 spiro atoms. The number of carbonyl (C=O) groups is 2. The van der Waals surface area contributed by atoms with Gasteiger partial charge in [-0.1, -0.05) is 29.8 Å². The summed E-state index contributed by atoms with van der Waals surface area (Å²) in [4.78, 5) is 30.2. The molecule has 8 heteroatoms. The molecule has 2 amide bonds. The van der Waals surface area contributed by atoms with Crippen LogP contribution in [-0.2, 0) is 7.05 Å². The molecular formula is C23H19ClN4O2S. The van der Waals surface area contributed by atoms with Crippen molar-refractivity contribution in [2.75, 3.05) is 5.32 Å². The number of aromatic nitrogens is 2. The van der Waals surface area contributed by atoms with Crippen molar-refractivity contribution in [1.82, 2.24) is 14.9 Å². The molecule has 6 nitrogen and oxygen atoms in total. The lowest BCUT2D eigenvalue weighted by molar-refractivity contribution is 0.0940. The van der Waals surface area contributed by atoms with Crippen LogP contribution in [-0.4, -0.2) is 21.4 Å². The van der Waals surface area contributed by atoms with Crippen molar-refractivity contribution in [3.05, 3.63) is 105 Å². The fourth-order valence-corrected chi connectivity index (χ4v) is 3.87. The smallest absolute Gasteiger partial charge is 0.265 e. The van der Waals surface area contributed by atoms with Gasteiger partial charge >= 0.3 is 0 Å². The Hall–Kier alpha value is -3.42. The Labute approximate surface area is 188 Å². The number of carbonyl (C=O) groups excluding carboxylic acids is 2. The molecule has 0 saturated heterocycles. The highest BCUT2D eigenvalue weighted by atomic mass is 35.5. The molecular weight excluding hydrogens is 432 g/mol. The molecule has 2 aromatic carbocycles. The van der Waals surface area contributed by atoms with Gasteiger partial charge in [0.25, 0.3) is 11.8 Å². The van der Waals surface area contributed by atoms with Gasteiger partial charge in [0.1, 0.15) is 11.9 Å². The van der Waals surface area contributed by atoms with E-state index in [0.717, 1.165) is 5.56 Å². The molecule has 0 saturated carbocycles. The van der Waals surface area contributed by atoms with E-state index in [1.807, 2.05) is 41.4 Å². The minimum absolute atomic E-state index is 0.176. The molecule has 0 aliphatic heterocycles. The van der Waals surface area contributed by atoms with Crippen LogP contribution in [0.1, 0.15) is 37.5 Å². The summed E-state index contributed by atoms with van der Waals surface area (Å²) in [5.74, 6) is 0.277. The number of hydrogen-bond donors (Lipinski definition) is 2. The standard InChI is InChI=1S/C23H19ClN4O2S/c1-28-13-12-25-21(28)20(15-4-8-17(24)9-5-15)27-22(29)16-6-10-18(11-7-16)26-23(30)19-3-2-14-31-19/h2-14,20H,1H3,(H,26,30)(H,27,29)/t20-/m0/s1. The lowest BCUT2D eigenvalue weighted by atomic mass is 10.1. The van der Waals surface area contributed by atoms with Crippen LogP contribution in [0.3, 0.4) is 0 Å². The van der Waals surface area contributed by atoms with E-state index in [2.05, 4.69) is 15.6 Å². The third-order valence-corrected chi connectivity index (χ3v) is 5.87. The van der Waals surface area contributed by atoms with Gasteiger partial charge in [0, 0.05) is 35.7 Å². The van der Waals surface area contributed by atoms with Gasteiger partial charge in [0.05, 0.1) is 4.88 Å². The van der Waals surface area contributed by atoms with Crippen LogP contribution in [0.5, 0.6) is 0 Å². The number of aryl methyl sites for hydroxylation is 1. The van der Waals surface area contributed by atoms with Crippen molar-refractivity contribution in [1.29, 1.82) is 0 Å². The average Bonchev–Trinajstić information content (AvgIpc) is 3.45. The van der Waals surface area contributed by atoms with Crippen molar-refractivity contribution in [2.45, 2.75) is 6.04 Å². The van der Waals surface area contributed by atoms with Crippen LogP contribution in [0.2, 0.25) is 5.02 Å². The van der Waals surface area contributed by atoms with E-state index < -0.39 is 6.04 Å². The number of imidazole rings is 1. The lowest BCUT2D eigenvalue weighted by Gasteiger charge is -2.19. The van der Waals surface area contributed by atoms with Crippen LogP contribution in [0, 0.1) is 0 Å². The molecule has 0 unspecified atom stereocenters. The second-order valence-electron chi connectivity index (χ2n) is 6.86. The monoisotopic (exact) mass is 450 g/mol. The van der Waals surface area contributed by atoms with Gasteiger partial charge in [0.2, 0.25) is 0 Å². The van der Waals surface area contributed by atoms with Gasteiger partial charge in [-0.25, -0.2) is 4.98 Å². The average molecular weight is 451 g/mol. The molecule has 4 aromatic rings. The van der Waals surface area contributed by atoms with E-state index in [-0.39, 0.29) is 11.8 Å². The zero-order valence-corrected chi connectivity index (χ0v) is 18.2. The summed E-state index contributed by atoms with van der Waals surface area (Å²) in [7, 11) is 1.88. The third-order valence-electron chi connectivity index (χ3n) is 4.75. The molecule has 2 heterocycles. The highest BCUT2D eigenvalue weighted by Gasteiger charge is 2.21. The van der Waals surface area contributed by atoms with Gasteiger partial charge in [0.15, 0.2) is 0 Å². The van der Waals surface area contributed by atoms with E-state index in [1.54, 1.807) is 48.7 Å². The summed E-state index contributed by atoms with van der Waals surface area (Å²) >= 11 is 7.39. The summed E-state index contributed by atoms with van der Waals surface area (Å²) < 4.78 is 1.86. The third kappa shape index (κ3) is 4.84. The SMILES string of the molecule is Cn1ccnc1[C@@H](NC(=O)c1ccc(NC(=O)c2cccs2)cc1)c1ccc(Cl)cc1. The van der Waals surface area contributed by atoms with Crippen LogP contribution < -0.4 is 10.6 Å². The maximum atomic E-state index is 13.0. The zero-order chi connectivity index (χ0) is 21.8. The summed E-state index contributed by atoms with van der Waals surface area (Å²) in [5.41, 5.74) is 1.96. The van der Waals surface area contributed by atoms with Gasteiger partial charge in [-0.15, -0.1) is 11.3 Å². The lowest BCUT2D eigenvalue weighted by Crippen LogP contribution is -2.31. The zero-order valence-electron chi connectivity index (χ0n) is 16.6. The van der Waals surface area contributed by atoms with E-state index in [4.69, 9.17) is 11.6 Å². The molecule has 31 heavy (non-hydrogen) atoms. The fraction of sp³-hybridized carbons (Fsp3) is 0.0870. The maximum absolute atomic E-state index is 13.0. The number of thiophene rings is 1. The number of halogens is 1. The molecule has 0 fully saturated rings. The second-order valence-corrected chi connectivity index (χ2v) is 8.25. The van der Waals surface area contributed by atoms with Crippen molar-refractivity contribution in [3.8, 4) is 0 Å². The molecule has 2 N–H and O–H groups in total. The van der Waals surface area contributed by atoms with Gasteiger partial charge in [-0.3, -0.25) is 9.59 Å². The first kappa shape index (κ1) is 20.8. The number of anilines is 1. The molecule has 1 atom stereocenters. The van der Waals surface area contributed by atoms with Crippen LogP contribution in [0.4, 0.5) is 5.69 Å². The highest BCUT2D eigenvalue weighted by molar-refractivity contribution is 7.12. The first-order valence-electron chi connectivity index (χ1n) is 9.50. The molecule has 0 radical (unpaired) electrons. The predicted molar refractivity (Wildman–Crippen MR) is 123 cm³/mol. The van der Waals surface area contributed by atoms with E-state index in [9.17, 15) is 9.59 Å². The Balaban J connectivity index is 1.51. The first-order valence-corrected chi connectivity index (χ1v) is 10.8. The van der Waals surface area contributed by atoms with Crippen molar-refractivity contribution < 1.29 is 9.59 Å². The molecule has 0 aliphatic carbocycles. The first-order chi connectivity index (χ1) is 15.0. The Kier molecular flexibility index (Phi) is 6.16. The molecule has 156 valence electrons. The number of nitrogens with zero attached hydrogens (tertiary/aromatic N) is 2. The van der Waals surface area contributed by atoms with E-state index >= 15 is 0 Å². The number of hydrogen-bond acceptors (Lipinski definition) is 4. The normalized spacial score (nSPS) is 11.7. The largest absolute Gasteiger partial charge is 0.338 e. The number of nitrogens with one attached hydrogen (secondary N) is 2. The Morgan fingerprint density at radius 1 is 1.03 bits per heavy atom. The summed E-state index contributed by atoms with van der Waals surface area (Å²) in [6, 6.07) is 17.2. The quantitative estimate of drug-likeness (QED) is 0.438. The van der Waals surface area contributed by atoms with Crippen molar-refractivity contribution in [3.63, 3.8) is 0 Å². The van der Waals surface area contributed by atoms with Crippen LogP contribution >= 0.6 is 22.9 Å². The highest BCUT2D eigenvalue weighted by Crippen LogP contribution is 2.23. The summed E-state index contributed by atoms with van der Waals surface area (Å²) in [6.45, 7) is 0.